The first-order chi connectivity index (χ1) is 13.0. The van der Waals surface area contributed by atoms with Gasteiger partial charge < -0.3 is 14.6 Å². The van der Waals surface area contributed by atoms with Crippen molar-refractivity contribution in [1.82, 2.24) is 0 Å². The van der Waals surface area contributed by atoms with Crippen molar-refractivity contribution in [2.24, 2.45) is 5.92 Å². The lowest BCUT2D eigenvalue weighted by molar-refractivity contribution is -0.136. The Bertz CT molecular complexity index is 762. The quantitative estimate of drug-likeness (QED) is 0.721. The molecule has 27 heavy (non-hydrogen) atoms. The molecule has 4 nitrogen and oxygen atoms in total. The van der Waals surface area contributed by atoms with Crippen molar-refractivity contribution in [2.45, 2.75) is 45.0 Å². The van der Waals surface area contributed by atoms with E-state index in [1.807, 2.05) is 42.5 Å². The third-order valence-corrected chi connectivity index (χ3v) is 5.21. The Morgan fingerprint density at radius 1 is 1.22 bits per heavy atom. The largest absolute Gasteiger partial charge is 0.481 e. The summed E-state index contributed by atoms with van der Waals surface area (Å²) < 4.78 is 12.1. The molecule has 1 heterocycles. The Morgan fingerprint density at radius 3 is 2.74 bits per heavy atom. The highest BCUT2D eigenvalue weighted by molar-refractivity contribution is 6.31. The third kappa shape index (κ3) is 5.80. The predicted octanol–water partition coefficient (Wildman–Crippen LogP) is 5.04. The number of halogens is 1. The second kappa shape index (κ2) is 9.36. The van der Waals surface area contributed by atoms with Crippen LogP contribution in [0.15, 0.2) is 48.5 Å². The first kappa shape index (κ1) is 19.9. The van der Waals surface area contributed by atoms with Crippen LogP contribution in [0.25, 0.3) is 0 Å². The van der Waals surface area contributed by atoms with E-state index in [1.165, 1.54) is 0 Å². The van der Waals surface area contributed by atoms with E-state index < -0.39 is 5.97 Å². The maximum absolute atomic E-state index is 11.0. The van der Waals surface area contributed by atoms with Crippen molar-refractivity contribution in [3.05, 3.63) is 70.2 Å². The van der Waals surface area contributed by atoms with E-state index in [2.05, 4.69) is 6.92 Å². The molecule has 1 fully saturated rings. The van der Waals surface area contributed by atoms with Crippen LogP contribution in [-0.4, -0.2) is 23.8 Å². The number of carboxylic acids is 1. The van der Waals surface area contributed by atoms with Gasteiger partial charge in [0.2, 0.25) is 0 Å². The summed E-state index contributed by atoms with van der Waals surface area (Å²) >= 11 is 6.14. The second-order valence-electron chi connectivity index (χ2n) is 7.25. The number of carbonyl (C=O) groups is 1. The van der Waals surface area contributed by atoms with Crippen LogP contribution < -0.4 is 0 Å². The van der Waals surface area contributed by atoms with Gasteiger partial charge in [-0.05, 0) is 41.5 Å². The molecule has 5 heteroatoms. The Morgan fingerprint density at radius 2 is 2.00 bits per heavy atom. The lowest BCUT2D eigenvalue weighted by atomic mass is 9.89. The van der Waals surface area contributed by atoms with Crippen LogP contribution in [-0.2, 0) is 27.3 Å². The molecule has 0 spiro atoms. The average molecular weight is 389 g/mol. The highest BCUT2D eigenvalue weighted by Crippen LogP contribution is 2.36. The van der Waals surface area contributed by atoms with Gasteiger partial charge in [-0.15, -0.1) is 0 Å². The fraction of sp³-hybridized carbons (Fsp3) is 0.409. The van der Waals surface area contributed by atoms with Gasteiger partial charge in [0.05, 0.1) is 31.8 Å². The molecule has 0 amide bonds. The summed E-state index contributed by atoms with van der Waals surface area (Å²) in [7, 11) is 0. The normalized spacial score (nSPS) is 22.5. The van der Waals surface area contributed by atoms with E-state index in [1.54, 1.807) is 6.07 Å². The zero-order valence-electron chi connectivity index (χ0n) is 15.4. The summed E-state index contributed by atoms with van der Waals surface area (Å²) in [6.45, 7) is 3.34. The van der Waals surface area contributed by atoms with Gasteiger partial charge in [-0.25, -0.2) is 0 Å². The Hall–Kier alpha value is -1.88. The minimum atomic E-state index is -0.890. The zero-order chi connectivity index (χ0) is 19.2. The molecule has 144 valence electrons. The number of hydrogen-bond acceptors (Lipinski definition) is 3. The van der Waals surface area contributed by atoms with E-state index in [9.17, 15) is 4.79 Å². The van der Waals surface area contributed by atoms with Gasteiger partial charge in [0.25, 0.3) is 0 Å². The Balaban J connectivity index is 1.62. The van der Waals surface area contributed by atoms with Crippen LogP contribution >= 0.6 is 11.6 Å². The average Bonchev–Trinajstić information content (AvgIpc) is 2.63. The molecule has 1 N–H and O–H groups in total. The Labute approximate surface area is 165 Å². The summed E-state index contributed by atoms with van der Waals surface area (Å²) in [4.78, 5) is 11.0. The zero-order valence-corrected chi connectivity index (χ0v) is 16.2. The smallest absolute Gasteiger partial charge is 0.307 e. The monoisotopic (exact) mass is 388 g/mol. The molecule has 0 aromatic heterocycles. The van der Waals surface area contributed by atoms with Crippen LogP contribution in [0.4, 0.5) is 0 Å². The van der Waals surface area contributed by atoms with Crippen LogP contribution in [0.5, 0.6) is 0 Å². The number of benzene rings is 2. The summed E-state index contributed by atoms with van der Waals surface area (Å²) in [5, 5.41) is 9.54. The molecule has 1 aliphatic heterocycles. The Kier molecular flexibility index (Phi) is 6.89. The molecule has 3 unspecified atom stereocenters. The topological polar surface area (TPSA) is 55.8 Å². The summed E-state index contributed by atoms with van der Waals surface area (Å²) in [6.07, 6.45) is 1.74. The highest BCUT2D eigenvalue weighted by atomic mass is 35.5. The standard InChI is InChI=1S/C22H25ClO4/c1-15-9-19(14-26-13-16-5-3-2-4-6-16)27-21(10-15)17-7-8-20(23)18(11-17)12-22(24)25/h2-8,11,15,19,21H,9-10,12-14H2,1H3,(H,24,25). The van der Waals surface area contributed by atoms with Crippen molar-refractivity contribution in [1.29, 1.82) is 0 Å². The van der Waals surface area contributed by atoms with Crippen LogP contribution in [0, 0.1) is 5.92 Å². The molecular weight excluding hydrogens is 364 g/mol. The lowest BCUT2D eigenvalue weighted by Gasteiger charge is -2.34. The maximum Gasteiger partial charge on any atom is 0.307 e. The fourth-order valence-electron chi connectivity index (χ4n) is 3.55. The number of carboxylic acid groups (broad SMARTS) is 1. The van der Waals surface area contributed by atoms with Gasteiger partial charge in [0.15, 0.2) is 0 Å². The van der Waals surface area contributed by atoms with Gasteiger partial charge in [0, 0.05) is 5.02 Å². The van der Waals surface area contributed by atoms with Gasteiger partial charge in [-0.3, -0.25) is 4.79 Å². The van der Waals surface area contributed by atoms with Gasteiger partial charge >= 0.3 is 5.97 Å². The van der Waals surface area contributed by atoms with Gasteiger partial charge in [-0.1, -0.05) is 61.0 Å². The van der Waals surface area contributed by atoms with Gasteiger partial charge in [-0.2, -0.15) is 0 Å². The molecule has 3 atom stereocenters. The molecule has 1 aliphatic rings. The van der Waals surface area contributed by atoms with Crippen molar-refractivity contribution < 1.29 is 19.4 Å². The minimum Gasteiger partial charge on any atom is -0.481 e. The first-order valence-corrected chi connectivity index (χ1v) is 9.66. The van der Waals surface area contributed by atoms with E-state index >= 15 is 0 Å². The van der Waals surface area contributed by atoms with E-state index in [0.717, 1.165) is 24.0 Å². The predicted molar refractivity (Wildman–Crippen MR) is 105 cm³/mol. The number of rotatable bonds is 7. The molecule has 3 rings (SSSR count). The molecular formula is C22H25ClO4. The maximum atomic E-state index is 11.0. The first-order valence-electron chi connectivity index (χ1n) is 9.28. The summed E-state index contributed by atoms with van der Waals surface area (Å²) in [5.41, 5.74) is 2.75. The molecule has 2 aromatic rings. The second-order valence-corrected chi connectivity index (χ2v) is 7.65. The van der Waals surface area contributed by atoms with E-state index in [0.29, 0.717) is 29.7 Å². The van der Waals surface area contributed by atoms with Crippen LogP contribution in [0.3, 0.4) is 0 Å². The van der Waals surface area contributed by atoms with Gasteiger partial charge in [0.1, 0.15) is 0 Å². The van der Waals surface area contributed by atoms with Crippen molar-refractivity contribution in [3.8, 4) is 0 Å². The third-order valence-electron chi connectivity index (χ3n) is 4.84. The van der Waals surface area contributed by atoms with Crippen molar-refractivity contribution >= 4 is 17.6 Å². The lowest BCUT2D eigenvalue weighted by Crippen LogP contribution is -2.30. The number of hydrogen-bond donors (Lipinski definition) is 1. The van der Waals surface area contributed by atoms with Crippen LogP contribution in [0.1, 0.15) is 42.6 Å². The summed E-state index contributed by atoms with van der Waals surface area (Å²) in [6, 6.07) is 15.6. The number of aliphatic carboxylic acids is 1. The van der Waals surface area contributed by atoms with Crippen molar-refractivity contribution in [3.63, 3.8) is 0 Å². The summed E-state index contributed by atoms with van der Waals surface area (Å²) in [5.74, 6) is -0.383. The molecule has 1 saturated heterocycles. The molecule has 0 saturated carbocycles. The molecule has 2 aromatic carbocycles. The highest BCUT2D eigenvalue weighted by Gasteiger charge is 2.28. The fourth-order valence-corrected chi connectivity index (χ4v) is 3.74. The number of ether oxygens (including phenoxy) is 2. The van der Waals surface area contributed by atoms with Crippen LogP contribution in [0.2, 0.25) is 5.02 Å². The minimum absolute atomic E-state index is 0.0288. The molecule has 0 aliphatic carbocycles. The van der Waals surface area contributed by atoms with Crippen molar-refractivity contribution in [2.75, 3.05) is 6.61 Å². The molecule has 0 bridgehead atoms. The molecule has 0 radical (unpaired) electrons. The SMILES string of the molecule is CC1CC(COCc2ccccc2)OC(c2ccc(Cl)c(CC(=O)O)c2)C1. The van der Waals surface area contributed by atoms with E-state index in [4.69, 9.17) is 26.2 Å². The van der Waals surface area contributed by atoms with E-state index in [-0.39, 0.29) is 18.6 Å².